The van der Waals surface area contributed by atoms with E-state index >= 15 is 0 Å². The van der Waals surface area contributed by atoms with E-state index in [4.69, 9.17) is 9.47 Å². The molecule has 0 amide bonds. The summed E-state index contributed by atoms with van der Waals surface area (Å²) in [5.74, 6) is 2.59. The fourth-order valence-electron chi connectivity index (χ4n) is 3.74. The molecule has 3 rings (SSSR count). The van der Waals surface area contributed by atoms with Crippen LogP contribution in [0.4, 0.5) is 0 Å². The van der Waals surface area contributed by atoms with Gasteiger partial charge in [-0.1, -0.05) is 0 Å². The summed E-state index contributed by atoms with van der Waals surface area (Å²) in [6.45, 7) is 9.55. The fraction of sp³-hybridized carbons (Fsp3) is 0.650. The molecule has 0 aromatic heterocycles. The van der Waals surface area contributed by atoms with E-state index in [2.05, 4.69) is 23.3 Å². The van der Waals surface area contributed by atoms with Gasteiger partial charge < -0.3 is 19.7 Å². The quantitative estimate of drug-likeness (QED) is 0.605. The first kappa shape index (κ1) is 20.8. The van der Waals surface area contributed by atoms with Crippen LogP contribution in [0.3, 0.4) is 0 Å². The second-order valence-electron chi connectivity index (χ2n) is 8.03. The van der Waals surface area contributed by atoms with E-state index in [1.807, 2.05) is 17.9 Å². The van der Waals surface area contributed by atoms with Gasteiger partial charge in [0.2, 0.25) is 0 Å². The van der Waals surface area contributed by atoms with E-state index in [0.717, 1.165) is 23.5 Å². The molecule has 8 heteroatoms. The molecule has 0 aliphatic carbocycles. The molecule has 7 nitrogen and oxygen atoms in total. The number of hydrogen-bond donors (Lipinski definition) is 1. The molecule has 2 aliphatic heterocycles. The molecule has 1 atom stereocenters. The summed E-state index contributed by atoms with van der Waals surface area (Å²) in [7, 11) is -1.37. The molecule has 2 heterocycles. The van der Waals surface area contributed by atoms with Crippen LogP contribution >= 0.6 is 0 Å². The maximum absolute atomic E-state index is 12.3. The van der Waals surface area contributed by atoms with Gasteiger partial charge in [-0.15, -0.1) is 0 Å². The maximum Gasteiger partial charge on any atom is 0.193 e. The Bertz CT molecular complexity index is 864. The molecule has 1 unspecified atom stereocenters. The topological polar surface area (TPSA) is 80.2 Å². The van der Waals surface area contributed by atoms with Crippen molar-refractivity contribution >= 4 is 15.8 Å². The summed E-state index contributed by atoms with van der Waals surface area (Å²) in [5.41, 5.74) is 2.17. The highest BCUT2D eigenvalue weighted by molar-refractivity contribution is 7.92. The minimum Gasteiger partial charge on any atom is -0.494 e. The lowest BCUT2D eigenvalue weighted by molar-refractivity contribution is 0.254. The van der Waals surface area contributed by atoms with Crippen molar-refractivity contribution in [3.8, 4) is 11.5 Å². The Morgan fingerprint density at radius 2 is 2.18 bits per heavy atom. The van der Waals surface area contributed by atoms with Gasteiger partial charge in [-0.2, -0.15) is 0 Å². The van der Waals surface area contributed by atoms with Crippen LogP contribution in [0.15, 0.2) is 17.1 Å². The standard InChI is InChI=1S/C20H31N3O4S/c1-6-26-17-10-15-9-14(2)27-18(15)11-16(17)12-22-19(21-5)23-7-8-28(24,25)20(3,4)13-23/h10-11,14H,6-9,12-13H2,1-5H3,(H,21,22). The number of guanidine groups is 1. The normalized spacial score (nSPS) is 23.1. The molecule has 28 heavy (non-hydrogen) atoms. The van der Waals surface area contributed by atoms with Crippen molar-refractivity contribution in [1.29, 1.82) is 0 Å². The maximum atomic E-state index is 12.3. The largest absolute Gasteiger partial charge is 0.494 e. The van der Waals surface area contributed by atoms with Crippen LogP contribution in [0, 0.1) is 0 Å². The number of rotatable bonds is 4. The van der Waals surface area contributed by atoms with Crippen molar-refractivity contribution in [3.63, 3.8) is 0 Å². The van der Waals surface area contributed by atoms with E-state index in [9.17, 15) is 8.42 Å². The van der Waals surface area contributed by atoms with E-state index in [1.165, 1.54) is 5.56 Å². The highest BCUT2D eigenvalue weighted by Crippen LogP contribution is 2.35. The Labute approximate surface area is 168 Å². The third-order valence-corrected chi connectivity index (χ3v) is 7.90. The molecule has 0 spiro atoms. The zero-order valence-electron chi connectivity index (χ0n) is 17.4. The third-order valence-electron chi connectivity index (χ3n) is 5.37. The molecule has 0 bridgehead atoms. The van der Waals surface area contributed by atoms with Gasteiger partial charge in [-0.25, -0.2) is 8.42 Å². The summed E-state index contributed by atoms with van der Waals surface area (Å²) in [5, 5.41) is 3.37. The van der Waals surface area contributed by atoms with Gasteiger partial charge in [0.05, 0.1) is 17.1 Å². The van der Waals surface area contributed by atoms with Crippen LogP contribution in [0.2, 0.25) is 0 Å². The Morgan fingerprint density at radius 3 is 2.82 bits per heavy atom. The number of nitrogens with one attached hydrogen (secondary N) is 1. The predicted molar refractivity (Wildman–Crippen MR) is 111 cm³/mol. The Kier molecular flexibility index (Phi) is 5.79. The van der Waals surface area contributed by atoms with Crippen molar-refractivity contribution in [2.24, 2.45) is 4.99 Å². The van der Waals surface area contributed by atoms with E-state index in [-0.39, 0.29) is 11.9 Å². The zero-order chi connectivity index (χ0) is 20.5. The number of fused-ring (bicyclic) bond motifs is 1. The van der Waals surface area contributed by atoms with Crippen LogP contribution in [0.5, 0.6) is 11.5 Å². The predicted octanol–water partition coefficient (Wildman–Crippen LogP) is 1.99. The second-order valence-corrected chi connectivity index (χ2v) is 10.8. The third kappa shape index (κ3) is 4.06. The molecular formula is C20H31N3O4S. The SMILES string of the molecule is CCOc1cc2c(cc1CNC(=NC)N1CCS(=O)(=O)C(C)(C)C1)OC(C)C2. The second kappa shape index (κ2) is 7.81. The van der Waals surface area contributed by atoms with Gasteiger partial charge in [-0.3, -0.25) is 4.99 Å². The summed E-state index contributed by atoms with van der Waals surface area (Å²) in [6.07, 6.45) is 1.07. The zero-order valence-corrected chi connectivity index (χ0v) is 18.2. The summed E-state index contributed by atoms with van der Waals surface area (Å²) >= 11 is 0. The number of nitrogens with zero attached hydrogens (tertiary/aromatic N) is 2. The molecule has 156 valence electrons. The van der Waals surface area contributed by atoms with Crippen molar-refractivity contribution in [1.82, 2.24) is 10.2 Å². The smallest absolute Gasteiger partial charge is 0.193 e. The van der Waals surface area contributed by atoms with Crippen molar-refractivity contribution in [2.75, 3.05) is 32.5 Å². The fourth-order valence-corrected chi connectivity index (χ4v) is 5.11. The molecular weight excluding hydrogens is 378 g/mol. The molecule has 2 aliphatic rings. The van der Waals surface area contributed by atoms with Crippen LogP contribution in [-0.2, 0) is 22.8 Å². The lowest BCUT2D eigenvalue weighted by atomic mass is 10.1. The average Bonchev–Trinajstić information content (AvgIpc) is 2.97. The molecule has 0 radical (unpaired) electrons. The van der Waals surface area contributed by atoms with Crippen LogP contribution < -0.4 is 14.8 Å². The van der Waals surface area contributed by atoms with Gasteiger partial charge in [0.1, 0.15) is 17.6 Å². The van der Waals surface area contributed by atoms with Gasteiger partial charge >= 0.3 is 0 Å². The van der Waals surface area contributed by atoms with E-state index in [0.29, 0.717) is 32.2 Å². The number of sulfone groups is 1. The van der Waals surface area contributed by atoms with Crippen LogP contribution in [0.1, 0.15) is 38.8 Å². The molecule has 1 fully saturated rings. The highest BCUT2D eigenvalue weighted by atomic mass is 32.2. The lowest BCUT2D eigenvalue weighted by Crippen LogP contribution is -2.57. The van der Waals surface area contributed by atoms with Gasteiger partial charge in [0.15, 0.2) is 15.8 Å². The number of ether oxygens (including phenoxy) is 2. The van der Waals surface area contributed by atoms with Crippen molar-refractivity contribution < 1.29 is 17.9 Å². The Hall–Kier alpha value is -1.96. The summed E-state index contributed by atoms with van der Waals surface area (Å²) in [4.78, 5) is 6.37. The number of aliphatic imine (C=N–C) groups is 1. The first-order valence-electron chi connectivity index (χ1n) is 9.80. The average molecular weight is 410 g/mol. The van der Waals surface area contributed by atoms with Gasteiger partial charge in [-0.05, 0) is 39.8 Å². The van der Waals surface area contributed by atoms with E-state index in [1.54, 1.807) is 20.9 Å². The highest BCUT2D eigenvalue weighted by Gasteiger charge is 2.41. The number of benzene rings is 1. The van der Waals surface area contributed by atoms with Crippen molar-refractivity contribution in [2.45, 2.75) is 51.5 Å². The minimum absolute atomic E-state index is 0.134. The first-order valence-corrected chi connectivity index (χ1v) is 11.4. The molecule has 1 aromatic carbocycles. The molecule has 1 aromatic rings. The number of hydrogen-bond acceptors (Lipinski definition) is 5. The van der Waals surface area contributed by atoms with Gasteiger partial charge in [0.25, 0.3) is 0 Å². The molecule has 1 N–H and O–H groups in total. The Morgan fingerprint density at radius 1 is 1.43 bits per heavy atom. The van der Waals surface area contributed by atoms with Crippen molar-refractivity contribution in [3.05, 3.63) is 23.3 Å². The van der Waals surface area contributed by atoms with Gasteiger partial charge in [0, 0.05) is 44.2 Å². The first-order chi connectivity index (χ1) is 13.2. The summed E-state index contributed by atoms with van der Waals surface area (Å²) in [6, 6.07) is 4.10. The minimum atomic E-state index is -3.09. The lowest BCUT2D eigenvalue weighted by Gasteiger charge is -2.39. The molecule has 1 saturated heterocycles. The van der Waals surface area contributed by atoms with E-state index < -0.39 is 14.6 Å². The summed E-state index contributed by atoms with van der Waals surface area (Å²) < 4.78 is 35.5. The van der Waals surface area contributed by atoms with Crippen LogP contribution in [0.25, 0.3) is 0 Å². The monoisotopic (exact) mass is 409 g/mol. The Balaban J connectivity index is 1.75. The molecule has 0 saturated carbocycles. The van der Waals surface area contributed by atoms with Crippen LogP contribution in [-0.4, -0.2) is 62.6 Å².